The van der Waals surface area contributed by atoms with E-state index >= 15 is 0 Å². The van der Waals surface area contributed by atoms with Crippen LogP contribution in [0.25, 0.3) is 0 Å². The minimum atomic E-state index is 0.465. The van der Waals surface area contributed by atoms with Gasteiger partial charge in [0.1, 0.15) is 0 Å². The van der Waals surface area contributed by atoms with E-state index in [1.165, 1.54) is 38.8 Å². The quantitative estimate of drug-likeness (QED) is 0.815. The molecule has 0 amide bonds. The lowest BCUT2D eigenvalue weighted by molar-refractivity contribution is -0.0269. The Balaban J connectivity index is 1.75. The zero-order chi connectivity index (χ0) is 12.3. The van der Waals surface area contributed by atoms with Gasteiger partial charge in [0.2, 0.25) is 0 Å². The summed E-state index contributed by atoms with van der Waals surface area (Å²) < 4.78 is 5.83. The van der Waals surface area contributed by atoms with Crippen molar-refractivity contribution < 1.29 is 4.74 Å². The summed E-state index contributed by atoms with van der Waals surface area (Å²) in [5.74, 6) is 0.650. The zero-order valence-corrected chi connectivity index (χ0v) is 11.6. The standard InChI is InChI=1S/C14H28N2O/c1-11(2)14-10-13(6-9-17-14)15-12-4-7-16(3)8-5-12/h11-15H,4-10H2,1-3H3. The van der Waals surface area contributed by atoms with Crippen LogP contribution in [-0.2, 0) is 4.74 Å². The summed E-state index contributed by atoms with van der Waals surface area (Å²) in [6, 6.07) is 1.42. The highest BCUT2D eigenvalue weighted by Crippen LogP contribution is 2.21. The van der Waals surface area contributed by atoms with Crippen molar-refractivity contribution in [3.8, 4) is 0 Å². The number of nitrogens with zero attached hydrogens (tertiary/aromatic N) is 1. The Bertz CT molecular complexity index is 224. The third kappa shape index (κ3) is 3.94. The molecule has 2 heterocycles. The zero-order valence-electron chi connectivity index (χ0n) is 11.6. The number of ether oxygens (including phenoxy) is 1. The molecule has 0 bridgehead atoms. The average Bonchev–Trinajstić information content (AvgIpc) is 2.32. The third-order valence-electron chi connectivity index (χ3n) is 4.25. The second kappa shape index (κ2) is 6.17. The molecule has 3 heteroatoms. The maximum atomic E-state index is 5.83. The Hall–Kier alpha value is -0.120. The average molecular weight is 240 g/mol. The number of hydrogen-bond acceptors (Lipinski definition) is 3. The van der Waals surface area contributed by atoms with Crippen LogP contribution in [-0.4, -0.2) is 49.8 Å². The van der Waals surface area contributed by atoms with E-state index in [0.717, 1.165) is 12.6 Å². The van der Waals surface area contributed by atoms with E-state index in [1.807, 2.05) is 0 Å². The molecule has 2 aliphatic heterocycles. The van der Waals surface area contributed by atoms with Crippen LogP contribution in [0.15, 0.2) is 0 Å². The fraction of sp³-hybridized carbons (Fsp3) is 1.00. The van der Waals surface area contributed by atoms with Gasteiger partial charge >= 0.3 is 0 Å². The molecule has 2 fully saturated rings. The van der Waals surface area contributed by atoms with Crippen LogP contribution in [0.4, 0.5) is 0 Å². The molecular weight excluding hydrogens is 212 g/mol. The molecule has 0 aromatic heterocycles. The smallest absolute Gasteiger partial charge is 0.0612 e. The van der Waals surface area contributed by atoms with Crippen molar-refractivity contribution in [1.82, 2.24) is 10.2 Å². The van der Waals surface area contributed by atoms with E-state index in [9.17, 15) is 0 Å². The molecule has 2 rings (SSSR count). The minimum Gasteiger partial charge on any atom is -0.378 e. The van der Waals surface area contributed by atoms with Crippen molar-refractivity contribution in [3.05, 3.63) is 0 Å². The van der Waals surface area contributed by atoms with Gasteiger partial charge in [0.25, 0.3) is 0 Å². The first kappa shape index (κ1) is 13.3. The molecule has 0 spiro atoms. The molecule has 0 aromatic carbocycles. The maximum Gasteiger partial charge on any atom is 0.0612 e. The van der Waals surface area contributed by atoms with E-state index in [1.54, 1.807) is 0 Å². The Morgan fingerprint density at radius 3 is 2.47 bits per heavy atom. The summed E-state index contributed by atoms with van der Waals surface area (Å²) >= 11 is 0. The van der Waals surface area contributed by atoms with E-state index in [-0.39, 0.29) is 0 Å². The van der Waals surface area contributed by atoms with Crippen molar-refractivity contribution in [2.24, 2.45) is 5.92 Å². The third-order valence-corrected chi connectivity index (χ3v) is 4.25. The van der Waals surface area contributed by atoms with Gasteiger partial charge in [-0.3, -0.25) is 0 Å². The molecule has 17 heavy (non-hydrogen) atoms. The molecule has 0 aromatic rings. The second-order valence-corrected chi connectivity index (χ2v) is 6.12. The molecule has 2 unspecified atom stereocenters. The summed E-state index contributed by atoms with van der Waals surface area (Å²) in [6.07, 6.45) is 5.47. The first-order chi connectivity index (χ1) is 8.15. The van der Waals surface area contributed by atoms with Crippen molar-refractivity contribution in [2.75, 3.05) is 26.7 Å². The van der Waals surface area contributed by atoms with Crippen molar-refractivity contribution >= 4 is 0 Å². The molecule has 1 N–H and O–H groups in total. The summed E-state index contributed by atoms with van der Waals surface area (Å²) in [4.78, 5) is 2.43. The number of nitrogens with one attached hydrogen (secondary N) is 1. The summed E-state index contributed by atoms with van der Waals surface area (Å²) in [6.45, 7) is 7.96. The highest BCUT2D eigenvalue weighted by Gasteiger charge is 2.27. The molecular formula is C14H28N2O. The maximum absolute atomic E-state index is 5.83. The SMILES string of the molecule is CC(C)C1CC(NC2CCN(C)CC2)CCO1. The largest absolute Gasteiger partial charge is 0.378 e. The molecule has 3 nitrogen and oxygen atoms in total. The number of piperidine rings is 1. The first-order valence-corrected chi connectivity index (χ1v) is 7.21. The molecule has 100 valence electrons. The van der Waals surface area contributed by atoms with Crippen LogP contribution in [0.3, 0.4) is 0 Å². The van der Waals surface area contributed by atoms with Crippen LogP contribution in [0, 0.1) is 5.92 Å². The lowest BCUT2D eigenvalue weighted by atomic mass is 9.94. The van der Waals surface area contributed by atoms with Crippen LogP contribution >= 0.6 is 0 Å². The second-order valence-electron chi connectivity index (χ2n) is 6.12. The highest BCUT2D eigenvalue weighted by molar-refractivity contribution is 4.84. The van der Waals surface area contributed by atoms with Crippen molar-refractivity contribution in [3.63, 3.8) is 0 Å². The van der Waals surface area contributed by atoms with Gasteiger partial charge in [0, 0.05) is 18.7 Å². The molecule has 2 saturated heterocycles. The van der Waals surface area contributed by atoms with Gasteiger partial charge in [-0.05, 0) is 51.7 Å². The van der Waals surface area contributed by atoms with Crippen LogP contribution in [0.1, 0.15) is 39.5 Å². The molecule has 2 atom stereocenters. The predicted molar refractivity (Wildman–Crippen MR) is 71.3 cm³/mol. The normalized spacial score (nSPS) is 33.2. The van der Waals surface area contributed by atoms with Gasteiger partial charge in [-0.1, -0.05) is 13.8 Å². The van der Waals surface area contributed by atoms with E-state index in [4.69, 9.17) is 4.74 Å². The lowest BCUT2D eigenvalue weighted by Crippen LogP contribution is -2.48. The summed E-state index contributed by atoms with van der Waals surface area (Å²) in [5, 5.41) is 3.86. The Morgan fingerprint density at radius 2 is 1.82 bits per heavy atom. The van der Waals surface area contributed by atoms with Gasteiger partial charge in [-0.2, -0.15) is 0 Å². The van der Waals surface area contributed by atoms with Gasteiger partial charge in [-0.25, -0.2) is 0 Å². The van der Waals surface area contributed by atoms with Crippen molar-refractivity contribution in [1.29, 1.82) is 0 Å². The molecule has 0 saturated carbocycles. The molecule has 2 aliphatic rings. The van der Waals surface area contributed by atoms with Gasteiger partial charge < -0.3 is 15.0 Å². The van der Waals surface area contributed by atoms with Crippen LogP contribution in [0.5, 0.6) is 0 Å². The topological polar surface area (TPSA) is 24.5 Å². The van der Waals surface area contributed by atoms with E-state index < -0.39 is 0 Å². The molecule has 0 aliphatic carbocycles. The monoisotopic (exact) mass is 240 g/mol. The fourth-order valence-corrected chi connectivity index (χ4v) is 2.95. The van der Waals surface area contributed by atoms with Crippen LogP contribution < -0.4 is 5.32 Å². The fourth-order valence-electron chi connectivity index (χ4n) is 2.95. The predicted octanol–water partition coefficient (Wildman–Crippen LogP) is 1.87. The number of hydrogen-bond donors (Lipinski definition) is 1. The first-order valence-electron chi connectivity index (χ1n) is 7.21. The van der Waals surface area contributed by atoms with Gasteiger partial charge in [0.15, 0.2) is 0 Å². The highest BCUT2D eigenvalue weighted by atomic mass is 16.5. The van der Waals surface area contributed by atoms with E-state index in [0.29, 0.717) is 18.1 Å². The minimum absolute atomic E-state index is 0.465. The Labute approximate surface area is 106 Å². The van der Waals surface area contributed by atoms with Gasteiger partial charge in [0.05, 0.1) is 6.10 Å². The Morgan fingerprint density at radius 1 is 1.12 bits per heavy atom. The van der Waals surface area contributed by atoms with E-state index in [2.05, 4.69) is 31.1 Å². The lowest BCUT2D eigenvalue weighted by Gasteiger charge is -2.37. The summed E-state index contributed by atoms with van der Waals surface area (Å²) in [7, 11) is 2.22. The van der Waals surface area contributed by atoms with Crippen molar-refractivity contribution in [2.45, 2.75) is 57.7 Å². The van der Waals surface area contributed by atoms with Gasteiger partial charge in [-0.15, -0.1) is 0 Å². The number of likely N-dealkylation sites (tertiary alicyclic amines) is 1. The van der Waals surface area contributed by atoms with Crippen LogP contribution in [0.2, 0.25) is 0 Å². The number of rotatable bonds is 3. The Kier molecular flexibility index (Phi) is 4.83. The molecule has 0 radical (unpaired) electrons. The summed E-state index contributed by atoms with van der Waals surface area (Å²) in [5.41, 5.74) is 0.